The Hall–Kier alpha value is -3.37. The summed E-state index contributed by atoms with van der Waals surface area (Å²) in [6.07, 6.45) is 1.53. The molecule has 202 valence electrons. The predicted octanol–water partition coefficient (Wildman–Crippen LogP) is 6.79. The molecule has 39 heavy (non-hydrogen) atoms. The number of imide groups is 1. The summed E-state index contributed by atoms with van der Waals surface area (Å²) in [6.45, 7) is -0.179. The summed E-state index contributed by atoms with van der Waals surface area (Å²) in [6, 6.07) is 16.7. The average Bonchev–Trinajstić information content (AvgIpc) is 3.17. The van der Waals surface area contributed by atoms with E-state index in [0.717, 1.165) is 16.7 Å². The second kappa shape index (κ2) is 13.1. The number of halogens is 3. The van der Waals surface area contributed by atoms with Gasteiger partial charge in [-0.15, -0.1) is 0 Å². The largest absolute Gasteiger partial charge is 0.493 e. The number of rotatable bonds is 10. The van der Waals surface area contributed by atoms with Crippen LogP contribution in [-0.4, -0.2) is 48.8 Å². The lowest BCUT2D eigenvalue weighted by Gasteiger charge is -2.14. The maximum atomic E-state index is 12.9. The van der Waals surface area contributed by atoms with E-state index in [9.17, 15) is 14.4 Å². The second-order valence-electron chi connectivity index (χ2n) is 7.99. The monoisotopic (exact) mass is 606 g/mol. The molecular formula is C27H21Cl3N2O6S. The van der Waals surface area contributed by atoms with Crippen molar-refractivity contribution in [3.63, 3.8) is 0 Å². The minimum absolute atomic E-state index is 0.0577. The molecule has 0 saturated carbocycles. The zero-order valence-corrected chi connectivity index (χ0v) is 23.5. The summed E-state index contributed by atoms with van der Waals surface area (Å²) in [5, 5.41) is 3.42. The molecule has 3 aromatic carbocycles. The molecule has 1 aliphatic heterocycles. The van der Waals surface area contributed by atoms with Gasteiger partial charge in [0.05, 0.1) is 28.6 Å². The molecule has 1 aliphatic rings. The van der Waals surface area contributed by atoms with Crippen molar-refractivity contribution in [1.82, 2.24) is 4.90 Å². The molecule has 3 amide bonds. The van der Waals surface area contributed by atoms with Gasteiger partial charge >= 0.3 is 0 Å². The fourth-order valence-electron chi connectivity index (χ4n) is 3.48. The summed E-state index contributed by atoms with van der Waals surface area (Å²) in [5.41, 5.74) is 1.07. The summed E-state index contributed by atoms with van der Waals surface area (Å²) >= 11 is 19.2. The molecule has 1 N–H and O–H groups in total. The van der Waals surface area contributed by atoms with Crippen molar-refractivity contribution in [2.75, 3.05) is 32.2 Å². The Morgan fingerprint density at radius 3 is 2.44 bits per heavy atom. The summed E-state index contributed by atoms with van der Waals surface area (Å²) < 4.78 is 16.6. The van der Waals surface area contributed by atoms with Gasteiger partial charge in [0.1, 0.15) is 12.4 Å². The molecule has 0 radical (unpaired) electrons. The molecule has 8 nitrogen and oxygen atoms in total. The predicted molar refractivity (Wildman–Crippen MR) is 153 cm³/mol. The Morgan fingerprint density at radius 2 is 1.72 bits per heavy atom. The maximum Gasteiger partial charge on any atom is 0.293 e. The number of anilines is 1. The number of para-hydroxylation sites is 1. The summed E-state index contributed by atoms with van der Waals surface area (Å²) in [4.78, 5) is 39.0. The Kier molecular flexibility index (Phi) is 9.63. The van der Waals surface area contributed by atoms with Gasteiger partial charge in [0.2, 0.25) is 0 Å². The lowest BCUT2D eigenvalue weighted by Crippen LogP contribution is -2.32. The van der Waals surface area contributed by atoms with Crippen LogP contribution in [0.5, 0.6) is 17.2 Å². The SMILES string of the molecule is COc1cc(/C=C2\SC(=O)N(CCOc3ccccc3Cl)C2=O)cc(Cl)c1OCC(=O)Nc1ccc(Cl)cc1. The Labute approximate surface area is 243 Å². The quantitative estimate of drug-likeness (QED) is 0.254. The van der Waals surface area contributed by atoms with Crippen molar-refractivity contribution in [1.29, 1.82) is 0 Å². The number of nitrogens with zero attached hydrogens (tertiary/aromatic N) is 1. The standard InChI is InChI=1S/C27H21Cl3N2O6S/c1-36-22-13-16(12-20(30)25(22)38-15-24(33)31-18-8-6-17(28)7-9-18)14-23-26(34)32(27(35)39-23)10-11-37-21-5-3-2-4-19(21)29/h2-9,12-14H,10-11,15H2,1H3,(H,31,33)/b23-14-. The Balaban J connectivity index is 1.39. The zero-order valence-electron chi connectivity index (χ0n) is 20.4. The fourth-order valence-corrected chi connectivity index (χ4v) is 4.94. The van der Waals surface area contributed by atoms with Crippen molar-refractivity contribution in [3.05, 3.63) is 86.2 Å². The molecule has 1 heterocycles. The highest BCUT2D eigenvalue weighted by atomic mass is 35.5. The molecular weight excluding hydrogens is 587 g/mol. The third-order valence-corrected chi connectivity index (χ3v) is 7.06. The van der Waals surface area contributed by atoms with E-state index < -0.39 is 17.1 Å². The molecule has 12 heteroatoms. The summed E-state index contributed by atoms with van der Waals surface area (Å²) in [5.74, 6) is 0.00903. The van der Waals surface area contributed by atoms with Crippen LogP contribution in [0.3, 0.4) is 0 Å². The molecule has 1 saturated heterocycles. The number of nitrogens with one attached hydrogen (secondary N) is 1. The Bertz CT molecular complexity index is 1430. The first kappa shape index (κ1) is 28.6. The van der Waals surface area contributed by atoms with Gasteiger partial charge < -0.3 is 19.5 Å². The van der Waals surface area contributed by atoms with Crippen LogP contribution in [0.2, 0.25) is 15.1 Å². The number of methoxy groups -OCH3 is 1. The smallest absolute Gasteiger partial charge is 0.293 e. The normalized spacial score (nSPS) is 14.1. The first-order valence-electron chi connectivity index (χ1n) is 11.4. The second-order valence-corrected chi connectivity index (χ2v) is 10.2. The molecule has 4 rings (SSSR count). The van der Waals surface area contributed by atoms with E-state index in [1.807, 2.05) is 0 Å². The van der Waals surface area contributed by atoms with Gasteiger partial charge in [-0.3, -0.25) is 19.3 Å². The molecule has 0 bridgehead atoms. The van der Waals surface area contributed by atoms with Crippen LogP contribution in [0.4, 0.5) is 10.5 Å². The lowest BCUT2D eigenvalue weighted by molar-refractivity contribution is -0.123. The highest BCUT2D eigenvalue weighted by Gasteiger charge is 2.35. The van der Waals surface area contributed by atoms with Crippen LogP contribution in [0.1, 0.15) is 5.56 Å². The average molecular weight is 608 g/mol. The molecule has 0 unspecified atom stereocenters. The van der Waals surface area contributed by atoms with Gasteiger partial charge in [-0.2, -0.15) is 0 Å². The van der Waals surface area contributed by atoms with Crippen LogP contribution >= 0.6 is 46.6 Å². The number of carbonyl (C=O) groups excluding carboxylic acids is 3. The van der Waals surface area contributed by atoms with E-state index >= 15 is 0 Å². The highest BCUT2D eigenvalue weighted by molar-refractivity contribution is 8.18. The highest BCUT2D eigenvalue weighted by Crippen LogP contribution is 2.39. The molecule has 1 fully saturated rings. The maximum absolute atomic E-state index is 12.9. The number of amides is 3. The van der Waals surface area contributed by atoms with Gasteiger partial charge in [-0.05, 0) is 71.9 Å². The van der Waals surface area contributed by atoms with Crippen molar-refractivity contribution >= 4 is 75.4 Å². The van der Waals surface area contributed by atoms with Crippen LogP contribution in [0.15, 0.2) is 65.6 Å². The van der Waals surface area contributed by atoms with Gasteiger partial charge in [0.15, 0.2) is 18.1 Å². The molecule has 0 aliphatic carbocycles. The first-order valence-corrected chi connectivity index (χ1v) is 13.4. The first-order chi connectivity index (χ1) is 18.7. The van der Waals surface area contributed by atoms with Gasteiger partial charge in [-0.1, -0.05) is 46.9 Å². The Morgan fingerprint density at radius 1 is 0.974 bits per heavy atom. The minimum Gasteiger partial charge on any atom is -0.493 e. The van der Waals surface area contributed by atoms with E-state index in [4.69, 9.17) is 49.0 Å². The molecule has 0 atom stereocenters. The molecule has 0 spiro atoms. The number of ether oxygens (including phenoxy) is 3. The number of hydrogen-bond donors (Lipinski definition) is 1. The lowest BCUT2D eigenvalue weighted by atomic mass is 10.1. The minimum atomic E-state index is -0.456. The van der Waals surface area contributed by atoms with Crippen LogP contribution in [0.25, 0.3) is 6.08 Å². The van der Waals surface area contributed by atoms with Crippen LogP contribution < -0.4 is 19.5 Å². The number of carbonyl (C=O) groups is 3. The van der Waals surface area contributed by atoms with E-state index in [0.29, 0.717) is 27.0 Å². The van der Waals surface area contributed by atoms with Gasteiger partial charge in [0.25, 0.3) is 17.1 Å². The number of benzene rings is 3. The van der Waals surface area contributed by atoms with E-state index in [1.165, 1.54) is 13.2 Å². The van der Waals surface area contributed by atoms with E-state index in [2.05, 4.69) is 5.32 Å². The molecule has 3 aromatic rings. The summed E-state index contributed by atoms with van der Waals surface area (Å²) in [7, 11) is 1.42. The van der Waals surface area contributed by atoms with E-state index in [-0.39, 0.29) is 41.2 Å². The van der Waals surface area contributed by atoms with Gasteiger partial charge in [0, 0.05) is 10.7 Å². The van der Waals surface area contributed by atoms with Crippen molar-refractivity contribution < 1.29 is 28.6 Å². The van der Waals surface area contributed by atoms with Crippen molar-refractivity contribution in [3.8, 4) is 17.2 Å². The van der Waals surface area contributed by atoms with Crippen LogP contribution in [-0.2, 0) is 9.59 Å². The number of thioether (sulfide) groups is 1. The third-order valence-electron chi connectivity index (χ3n) is 5.31. The third kappa shape index (κ3) is 7.39. The van der Waals surface area contributed by atoms with E-state index in [1.54, 1.807) is 60.7 Å². The van der Waals surface area contributed by atoms with Crippen molar-refractivity contribution in [2.45, 2.75) is 0 Å². The molecule has 0 aromatic heterocycles. The zero-order chi connectivity index (χ0) is 27.9. The fraction of sp³-hybridized carbons (Fsp3) is 0.148. The van der Waals surface area contributed by atoms with Crippen LogP contribution in [0, 0.1) is 0 Å². The topological polar surface area (TPSA) is 94.2 Å². The van der Waals surface area contributed by atoms with Crippen molar-refractivity contribution in [2.24, 2.45) is 0 Å². The number of hydrogen-bond acceptors (Lipinski definition) is 7. The van der Waals surface area contributed by atoms with Gasteiger partial charge in [-0.25, -0.2) is 0 Å².